The van der Waals surface area contributed by atoms with Gasteiger partial charge in [-0.05, 0) is 12.6 Å². The van der Waals surface area contributed by atoms with Crippen molar-refractivity contribution < 1.29 is 13.2 Å². The zero-order valence-electron chi connectivity index (χ0n) is 10.3. The molecule has 0 heterocycles. The average Bonchev–Trinajstić information content (AvgIpc) is 2.26. The summed E-state index contributed by atoms with van der Waals surface area (Å²) >= 11 is 0. The van der Waals surface area contributed by atoms with Gasteiger partial charge < -0.3 is 10.1 Å². The van der Waals surface area contributed by atoms with Gasteiger partial charge in [0.2, 0.25) is 0 Å². The van der Waals surface area contributed by atoms with E-state index in [4.69, 9.17) is 4.74 Å². The van der Waals surface area contributed by atoms with Crippen LogP contribution in [0.25, 0.3) is 0 Å². The van der Waals surface area contributed by atoms with Gasteiger partial charge in [0.25, 0.3) is 0 Å². The van der Waals surface area contributed by atoms with Crippen LogP contribution < -0.4 is 10.1 Å². The molecule has 0 saturated heterocycles. The van der Waals surface area contributed by atoms with E-state index in [9.17, 15) is 8.42 Å². The predicted octanol–water partition coefficient (Wildman–Crippen LogP) is 1.22. The highest BCUT2D eigenvalue weighted by molar-refractivity contribution is 7.90. The van der Waals surface area contributed by atoms with Crippen molar-refractivity contribution in [1.82, 2.24) is 5.32 Å². The first-order chi connectivity index (χ1) is 8.03. The Bertz CT molecular complexity index is 443. The van der Waals surface area contributed by atoms with E-state index >= 15 is 0 Å². The Kier molecular flexibility index (Phi) is 5.44. The molecule has 0 aliphatic carbocycles. The van der Waals surface area contributed by atoms with Crippen molar-refractivity contribution in [2.75, 3.05) is 25.2 Å². The monoisotopic (exact) mass is 257 g/mol. The number of benzene rings is 1. The lowest BCUT2D eigenvalue weighted by Crippen LogP contribution is -2.15. The standard InChI is InChI=1S/C12H19NO3S/c1-3-13-10-11-6-4-5-7-12(11)16-8-9-17(2,14)15/h4-7,13H,3,8-10H2,1-2H3. The van der Waals surface area contributed by atoms with Crippen molar-refractivity contribution in [2.45, 2.75) is 13.5 Å². The second kappa shape index (κ2) is 6.61. The second-order valence-corrected chi connectivity index (χ2v) is 6.13. The maximum Gasteiger partial charge on any atom is 0.150 e. The molecule has 0 amide bonds. The summed E-state index contributed by atoms with van der Waals surface area (Å²) in [6, 6.07) is 7.65. The molecule has 1 rings (SSSR count). The van der Waals surface area contributed by atoms with Gasteiger partial charge in [0.05, 0.1) is 5.75 Å². The minimum Gasteiger partial charge on any atom is -0.492 e. The van der Waals surface area contributed by atoms with Crippen LogP contribution in [0.4, 0.5) is 0 Å². The molecule has 0 bridgehead atoms. The molecule has 0 unspecified atom stereocenters. The molecule has 96 valence electrons. The Morgan fingerprint density at radius 1 is 1.29 bits per heavy atom. The van der Waals surface area contributed by atoms with Gasteiger partial charge in [-0.1, -0.05) is 25.1 Å². The number of sulfone groups is 1. The zero-order valence-corrected chi connectivity index (χ0v) is 11.1. The molecule has 1 N–H and O–H groups in total. The number of hydrogen-bond acceptors (Lipinski definition) is 4. The summed E-state index contributed by atoms with van der Waals surface area (Å²) in [6.07, 6.45) is 1.21. The molecule has 5 heteroatoms. The van der Waals surface area contributed by atoms with E-state index in [2.05, 4.69) is 5.32 Å². The second-order valence-electron chi connectivity index (χ2n) is 3.87. The highest BCUT2D eigenvalue weighted by atomic mass is 32.2. The summed E-state index contributed by atoms with van der Waals surface area (Å²) in [5, 5.41) is 3.21. The maximum atomic E-state index is 11.0. The van der Waals surface area contributed by atoms with Gasteiger partial charge in [0.1, 0.15) is 12.4 Å². The van der Waals surface area contributed by atoms with Gasteiger partial charge in [0, 0.05) is 18.4 Å². The first kappa shape index (κ1) is 14.0. The Hall–Kier alpha value is -1.07. The van der Waals surface area contributed by atoms with E-state index in [1.54, 1.807) is 0 Å². The van der Waals surface area contributed by atoms with Gasteiger partial charge in [-0.15, -0.1) is 0 Å². The molecule has 0 radical (unpaired) electrons. The normalized spacial score (nSPS) is 11.4. The number of hydrogen-bond donors (Lipinski definition) is 1. The van der Waals surface area contributed by atoms with Crippen molar-refractivity contribution in [3.63, 3.8) is 0 Å². The molecule has 0 aliphatic rings. The van der Waals surface area contributed by atoms with Crippen LogP contribution in [0.2, 0.25) is 0 Å². The van der Waals surface area contributed by atoms with E-state index in [-0.39, 0.29) is 12.4 Å². The highest BCUT2D eigenvalue weighted by Gasteiger charge is 2.05. The fourth-order valence-electron chi connectivity index (χ4n) is 1.35. The predicted molar refractivity (Wildman–Crippen MR) is 69.0 cm³/mol. The summed E-state index contributed by atoms with van der Waals surface area (Å²) in [7, 11) is -2.96. The van der Waals surface area contributed by atoms with Crippen molar-refractivity contribution >= 4 is 9.84 Å². The molecule has 0 fully saturated rings. The SMILES string of the molecule is CCNCc1ccccc1OCCS(C)(=O)=O. The lowest BCUT2D eigenvalue weighted by Gasteiger charge is -2.11. The van der Waals surface area contributed by atoms with Crippen LogP contribution >= 0.6 is 0 Å². The lowest BCUT2D eigenvalue weighted by atomic mass is 10.2. The van der Waals surface area contributed by atoms with E-state index in [1.807, 2.05) is 31.2 Å². The molecule has 17 heavy (non-hydrogen) atoms. The summed E-state index contributed by atoms with van der Waals surface area (Å²) in [5.74, 6) is 0.792. The molecule has 1 aromatic rings. The van der Waals surface area contributed by atoms with Gasteiger partial charge in [-0.3, -0.25) is 0 Å². The lowest BCUT2D eigenvalue weighted by molar-refractivity contribution is 0.336. The van der Waals surface area contributed by atoms with E-state index in [0.29, 0.717) is 0 Å². The Labute approximate surface area is 103 Å². The topological polar surface area (TPSA) is 55.4 Å². The largest absolute Gasteiger partial charge is 0.492 e. The molecule has 0 aromatic heterocycles. The van der Waals surface area contributed by atoms with Crippen LogP contribution in [0, 0.1) is 0 Å². The first-order valence-corrected chi connectivity index (χ1v) is 7.68. The summed E-state index contributed by atoms with van der Waals surface area (Å²) in [6.45, 7) is 3.85. The molecular formula is C12H19NO3S. The highest BCUT2D eigenvalue weighted by Crippen LogP contribution is 2.17. The number of nitrogens with one attached hydrogen (secondary N) is 1. The molecule has 4 nitrogen and oxygen atoms in total. The average molecular weight is 257 g/mol. The third kappa shape index (κ3) is 5.70. The van der Waals surface area contributed by atoms with Crippen LogP contribution in [0.1, 0.15) is 12.5 Å². The Morgan fingerprint density at radius 3 is 2.65 bits per heavy atom. The third-order valence-electron chi connectivity index (χ3n) is 2.25. The fourth-order valence-corrected chi connectivity index (χ4v) is 1.74. The molecular weight excluding hydrogens is 238 g/mol. The van der Waals surface area contributed by atoms with Crippen molar-refractivity contribution in [3.05, 3.63) is 29.8 Å². The van der Waals surface area contributed by atoms with Crippen molar-refractivity contribution in [3.8, 4) is 5.75 Å². The molecule has 1 aromatic carbocycles. The molecule has 0 spiro atoms. The Morgan fingerprint density at radius 2 is 2.00 bits per heavy atom. The minimum absolute atomic E-state index is 0.0442. The number of rotatable bonds is 7. The van der Waals surface area contributed by atoms with Crippen LogP contribution in [0.3, 0.4) is 0 Å². The Balaban J connectivity index is 2.57. The quantitative estimate of drug-likeness (QED) is 0.798. The number of para-hydroxylation sites is 1. The van der Waals surface area contributed by atoms with Gasteiger partial charge in [-0.25, -0.2) is 8.42 Å². The van der Waals surface area contributed by atoms with Crippen molar-refractivity contribution in [1.29, 1.82) is 0 Å². The van der Waals surface area contributed by atoms with E-state index in [1.165, 1.54) is 6.26 Å². The zero-order chi connectivity index (χ0) is 12.7. The third-order valence-corrected chi connectivity index (χ3v) is 3.16. The van der Waals surface area contributed by atoms with E-state index < -0.39 is 9.84 Å². The van der Waals surface area contributed by atoms with Crippen LogP contribution in [-0.4, -0.2) is 33.6 Å². The smallest absolute Gasteiger partial charge is 0.150 e. The van der Waals surface area contributed by atoms with Crippen LogP contribution in [0.5, 0.6) is 5.75 Å². The summed E-state index contributed by atoms with van der Waals surface area (Å²) < 4.78 is 27.5. The summed E-state index contributed by atoms with van der Waals surface area (Å²) in [4.78, 5) is 0. The van der Waals surface area contributed by atoms with Gasteiger partial charge >= 0.3 is 0 Å². The summed E-state index contributed by atoms with van der Waals surface area (Å²) in [5.41, 5.74) is 1.04. The van der Waals surface area contributed by atoms with Crippen molar-refractivity contribution in [2.24, 2.45) is 0 Å². The number of ether oxygens (including phenoxy) is 1. The van der Waals surface area contributed by atoms with Crippen LogP contribution in [-0.2, 0) is 16.4 Å². The molecule has 0 aliphatic heterocycles. The van der Waals surface area contributed by atoms with Crippen LogP contribution in [0.15, 0.2) is 24.3 Å². The van der Waals surface area contributed by atoms with E-state index in [0.717, 1.165) is 24.4 Å². The molecule has 0 saturated carbocycles. The first-order valence-electron chi connectivity index (χ1n) is 5.62. The minimum atomic E-state index is -2.96. The maximum absolute atomic E-state index is 11.0. The molecule has 0 atom stereocenters. The van der Waals surface area contributed by atoms with Gasteiger partial charge in [-0.2, -0.15) is 0 Å². The van der Waals surface area contributed by atoms with Gasteiger partial charge in [0.15, 0.2) is 9.84 Å². The fraction of sp³-hybridized carbons (Fsp3) is 0.500.